The van der Waals surface area contributed by atoms with Crippen molar-refractivity contribution in [2.45, 2.75) is 32.6 Å². The lowest BCUT2D eigenvalue weighted by Crippen LogP contribution is -2.39. The number of nitrogens with zero attached hydrogens (tertiary/aromatic N) is 4. The molecule has 2 aliphatic rings. The minimum Gasteiger partial charge on any atom is -0.495 e. The largest absolute Gasteiger partial charge is 0.495 e. The van der Waals surface area contributed by atoms with Crippen LogP contribution in [0.15, 0.2) is 65.7 Å². The van der Waals surface area contributed by atoms with Crippen molar-refractivity contribution in [3.8, 4) is 11.4 Å². The molecule has 3 aromatic rings. The fraction of sp³-hybridized carbons (Fsp3) is 0.333. The van der Waals surface area contributed by atoms with Crippen molar-refractivity contribution in [1.82, 2.24) is 14.5 Å². The Kier molecular flexibility index (Phi) is 5.90. The van der Waals surface area contributed by atoms with E-state index < -0.39 is 0 Å². The first-order chi connectivity index (χ1) is 16.1. The average molecular weight is 443 g/mol. The number of methoxy groups -OCH3 is 1. The van der Waals surface area contributed by atoms with E-state index in [2.05, 4.69) is 70.5 Å². The Hall–Kier alpha value is -3.54. The zero-order valence-electron chi connectivity index (χ0n) is 19.5. The molecule has 0 spiro atoms. The minimum absolute atomic E-state index is 0.309. The van der Waals surface area contributed by atoms with E-state index in [0.717, 1.165) is 54.5 Å². The summed E-state index contributed by atoms with van der Waals surface area (Å²) in [5, 5.41) is 4.56. The first kappa shape index (κ1) is 21.3. The van der Waals surface area contributed by atoms with E-state index in [9.17, 15) is 0 Å². The number of imidazole rings is 1. The summed E-state index contributed by atoms with van der Waals surface area (Å²) in [6.45, 7) is 6.62. The van der Waals surface area contributed by atoms with E-state index >= 15 is 0 Å². The van der Waals surface area contributed by atoms with Crippen molar-refractivity contribution in [3.05, 3.63) is 82.9 Å². The summed E-state index contributed by atoms with van der Waals surface area (Å²) in [6.07, 6.45) is 8.11. The Morgan fingerprint density at radius 2 is 1.97 bits per heavy atom. The van der Waals surface area contributed by atoms with Gasteiger partial charge in [-0.3, -0.25) is 0 Å². The fourth-order valence-electron chi connectivity index (χ4n) is 4.61. The van der Waals surface area contributed by atoms with Crippen molar-refractivity contribution in [3.63, 3.8) is 0 Å². The molecule has 0 radical (unpaired) electrons. The third-order valence-electron chi connectivity index (χ3n) is 6.41. The Bertz CT molecular complexity index is 1190. The maximum atomic E-state index is 5.82. The predicted octanol–water partition coefficient (Wildman–Crippen LogP) is 5.10. The van der Waals surface area contributed by atoms with Crippen molar-refractivity contribution in [2.75, 3.05) is 26.8 Å². The molecule has 0 amide bonds. The summed E-state index contributed by atoms with van der Waals surface area (Å²) in [7, 11) is 1.70. The summed E-state index contributed by atoms with van der Waals surface area (Å²) in [5.74, 6) is 2.08. The second-order valence-corrected chi connectivity index (χ2v) is 8.89. The molecule has 3 heterocycles. The van der Waals surface area contributed by atoms with Gasteiger partial charge in [0.1, 0.15) is 12.4 Å². The van der Waals surface area contributed by atoms with Crippen LogP contribution in [0, 0.1) is 13.8 Å². The molecule has 1 fully saturated rings. The van der Waals surface area contributed by atoms with Crippen LogP contribution in [-0.2, 0) is 4.84 Å². The minimum atomic E-state index is 0.309. The standard InChI is InChI=1S/C27H30N4O2/c1-19-6-9-22(10-7-19)24-16-30-12-4-5-23(27(30)29-33-17-24)13-21-8-11-25(26(14-21)32-3)31-15-20(2)28-18-31/h6-11,13-15,18,24H,4-5,12,16-17H2,1-3H3/b23-13+. The zero-order chi connectivity index (χ0) is 22.8. The average Bonchev–Trinajstić information content (AvgIpc) is 3.13. The van der Waals surface area contributed by atoms with Gasteiger partial charge in [-0.05, 0) is 61.6 Å². The normalized spacial score (nSPS) is 19.5. The fourth-order valence-corrected chi connectivity index (χ4v) is 4.61. The summed E-state index contributed by atoms with van der Waals surface area (Å²) in [6, 6.07) is 15.0. The molecule has 2 aliphatic heterocycles. The molecule has 1 aromatic heterocycles. The van der Waals surface area contributed by atoms with Crippen LogP contribution in [0.4, 0.5) is 0 Å². The van der Waals surface area contributed by atoms with Gasteiger partial charge in [0.2, 0.25) is 0 Å². The number of hydrogen-bond acceptors (Lipinski definition) is 5. The van der Waals surface area contributed by atoms with Crippen LogP contribution in [-0.4, -0.2) is 47.1 Å². The highest BCUT2D eigenvalue weighted by Crippen LogP contribution is 2.30. The van der Waals surface area contributed by atoms with Gasteiger partial charge >= 0.3 is 0 Å². The molecular weight excluding hydrogens is 412 g/mol. The van der Waals surface area contributed by atoms with Crippen LogP contribution >= 0.6 is 0 Å². The predicted molar refractivity (Wildman–Crippen MR) is 131 cm³/mol. The molecule has 0 bridgehead atoms. The molecule has 6 heteroatoms. The molecular formula is C27H30N4O2. The Balaban J connectivity index is 1.40. The molecule has 0 N–H and O–H groups in total. The Labute approximate surface area is 195 Å². The molecule has 1 unspecified atom stereocenters. The van der Waals surface area contributed by atoms with Crippen LogP contribution in [0.5, 0.6) is 5.75 Å². The molecule has 33 heavy (non-hydrogen) atoms. The maximum Gasteiger partial charge on any atom is 0.171 e. The first-order valence-electron chi connectivity index (χ1n) is 11.5. The van der Waals surface area contributed by atoms with Crippen molar-refractivity contribution in [2.24, 2.45) is 5.16 Å². The topological polar surface area (TPSA) is 51.9 Å². The van der Waals surface area contributed by atoms with Crippen LogP contribution in [0.2, 0.25) is 0 Å². The van der Waals surface area contributed by atoms with Crippen LogP contribution in [0.1, 0.15) is 41.1 Å². The van der Waals surface area contributed by atoms with Crippen LogP contribution < -0.4 is 4.74 Å². The smallest absolute Gasteiger partial charge is 0.171 e. The van der Waals surface area contributed by atoms with Crippen molar-refractivity contribution >= 4 is 11.9 Å². The SMILES string of the molecule is COc1cc(/C=C2\CCCN3CC(c4ccc(C)cc4)CON=C23)ccc1-n1cnc(C)c1. The number of aryl methyl sites for hydroxylation is 2. The lowest BCUT2D eigenvalue weighted by molar-refractivity contribution is 0.135. The van der Waals surface area contributed by atoms with Crippen LogP contribution in [0.3, 0.4) is 0 Å². The number of oxime groups is 1. The molecule has 170 valence electrons. The van der Waals surface area contributed by atoms with E-state index in [0.29, 0.717) is 12.5 Å². The quantitative estimate of drug-likeness (QED) is 0.564. The molecule has 6 nitrogen and oxygen atoms in total. The highest BCUT2D eigenvalue weighted by molar-refractivity contribution is 6.02. The molecule has 0 saturated carbocycles. The Morgan fingerprint density at radius 3 is 2.73 bits per heavy atom. The lowest BCUT2D eigenvalue weighted by Gasteiger charge is -2.32. The first-order valence-corrected chi connectivity index (χ1v) is 11.5. The molecule has 0 aliphatic carbocycles. The maximum absolute atomic E-state index is 5.82. The monoisotopic (exact) mass is 442 g/mol. The molecule has 1 atom stereocenters. The highest BCUT2D eigenvalue weighted by Gasteiger charge is 2.28. The van der Waals surface area contributed by atoms with Crippen molar-refractivity contribution < 1.29 is 9.57 Å². The van der Waals surface area contributed by atoms with Gasteiger partial charge in [0.05, 0.1) is 24.8 Å². The highest BCUT2D eigenvalue weighted by atomic mass is 16.6. The Morgan fingerprint density at radius 1 is 1.12 bits per heavy atom. The third-order valence-corrected chi connectivity index (χ3v) is 6.41. The van der Waals surface area contributed by atoms with E-state index in [1.165, 1.54) is 16.7 Å². The van der Waals surface area contributed by atoms with Crippen molar-refractivity contribution in [1.29, 1.82) is 0 Å². The zero-order valence-corrected chi connectivity index (χ0v) is 19.5. The summed E-state index contributed by atoms with van der Waals surface area (Å²) in [5.41, 5.74) is 6.83. The van der Waals surface area contributed by atoms with Gasteiger partial charge in [-0.2, -0.15) is 0 Å². The third kappa shape index (κ3) is 4.51. The van der Waals surface area contributed by atoms with Gasteiger partial charge < -0.3 is 19.0 Å². The van der Waals surface area contributed by atoms with Gasteiger partial charge in [0, 0.05) is 25.2 Å². The molecule has 2 aromatic carbocycles. The number of fused-ring (bicyclic) bond motifs is 1. The van der Waals surface area contributed by atoms with E-state index in [-0.39, 0.29) is 0 Å². The van der Waals surface area contributed by atoms with Gasteiger partial charge in [-0.15, -0.1) is 0 Å². The number of rotatable bonds is 4. The van der Waals surface area contributed by atoms with E-state index in [4.69, 9.17) is 9.57 Å². The summed E-state index contributed by atoms with van der Waals surface area (Å²) in [4.78, 5) is 12.5. The number of hydrogen-bond donors (Lipinski definition) is 0. The second-order valence-electron chi connectivity index (χ2n) is 8.89. The number of piperidine rings is 1. The van der Waals surface area contributed by atoms with Crippen LogP contribution in [0.25, 0.3) is 11.8 Å². The number of aromatic nitrogens is 2. The van der Waals surface area contributed by atoms with E-state index in [1.807, 2.05) is 24.0 Å². The number of benzene rings is 2. The number of amidine groups is 1. The second kappa shape index (κ2) is 9.14. The summed E-state index contributed by atoms with van der Waals surface area (Å²) < 4.78 is 7.68. The lowest BCUT2D eigenvalue weighted by atomic mass is 9.95. The van der Waals surface area contributed by atoms with E-state index in [1.54, 1.807) is 7.11 Å². The summed E-state index contributed by atoms with van der Waals surface area (Å²) >= 11 is 0. The van der Waals surface area contributed by atoms with Gasteiger partial charge in [0.25, 0.3) is 0 Å². The molecule has 5 rings (SSSR count). The molecule has 1 saturated heterocycles. The van der Waals surface area contributed by atoms with Gasteiger partial charge in [-0.25, -0.2) is 4.98 Å². The number of ether oxygens (including phenoxy) is 1. The van der Waals surface area contributed by atoms with Gasteiger partial charge in [-0.1, -0.05) is 41.1 Å². The van der Waals surface area contributed by atoms with Gasteiger partial charge in [0.15, 0.2) is 5.84 Å².